The van der Waals surface area contributed by atoms with Crippen molar-refractivity contribution in [1.29, 1.82) is 0 Å². The molecule has 1 unspecified atom stereocenters. The smallest absolute Gasteiger partial charge is 0.283 e. The highest BCUT2D eigenvalue weighted by atomic mass is 32.2. The lowest BCUT2D eigenvalue weighted by molar-refractivity contribution is -0.158. The number of amides is 1. The summed E-state index contributed by atoms with van der Waals surface area (Å²) in [5.74, 6) is -11.0. The maximum Gasteiger partial charge on any atom is 0.283 e. The molecule has 0 spiro atoms. The number of benzene rings is 2. The number of likely N-dealkylation sites (tertiary alicyclic amines) is 1. The van der Waals surface area contributed by atoms with Gasteiger partial charge in [-0.25, -0.2) is 39.5 Å². The van der Waals surface area contributed by atoms with E-state index < -0.39 is 93.2 Å². The van der Waals surface area contributed by atoms with E-state index in [0.717, 1.165) is 17.0 Å². The molecule has 1 N–H and O–H groups in total. The molecule has 36 heavy (non-hydrogen) atoms. The van der Waals surface area contributed by atoms with E-state index in [0.29, 0.717) is 6.07 Å². The molecule has 0 aliphatic carbocycles. The molecule has 13 heteroatoms. The number of hydrogen-bond donors (Lipinski definition) is 1. The Balaban J connectivity index is 1.75. The Bertz CT molecular complexity index is 1290. The number of nitrogens with zero attached hydrogens (tertiary/aromatic N) is 1. The van der Waals surface area contributed by atoms with Crippen molar-refractivity contribution in [3.63, 3.8) is 0 Å². The molecule has 1 amide bonds. The predicted octanol–water partition coefficient (Wildman–Crippen LogP) is 3.40. The van der Waals surface area contributed by atoms with Crippen LogP contribution in [0.3, 0.4) is 0 Å². The Morgan fingerprint density at radius 2 is 1.75 bits per heavy atom. The van der Waals surface area contributed by atoms with Gasteiger partial charge in [0.25, 0.3) is 11.8 Å². The van der Waals surface area contributed by atoms with Crippen LogP contribution in [-0.4, -0.2) is 62.2 Å². The molecule has 2 aliphatic heterocycles. The van der Waals surface area contributed by atoms with Crippen LogP contribution in [0.4, 0.5) is 26.3 Å². The van der Waals surface area contributed by atoms with E-state index in [-0.39, 0.29) is 18.6 Å². The minimum absolute atomic E-state index is 0.257. The fourth-order valence-corrected chi connectivity index (χ4v) is 5.22. The fraction of sp³-hybridized carbons (Fsp3) is 0.435. The van der Waals surface area contributed by atoms with Gasteiger partial charge in [0.15, 0.2) is 17.5 Å². The Labute approximate surface area is 203 Å². The largest absolute Gasteiger partial charge is 0.368 e. The predicted molar refractivity (Wildman–Crippen MR) is 117 cm³/mol. The minimum Gasteiger partial charge on any atom is -0.368 e. The normalized spacial score (nSPS) is 23.5. The van der Waals surface area contributed by atoms with Gasteiger partial charge >= 0.3 is 0 Å². The third kappa shape index (κ3) is 4.83. The molecule has 0 saturated carbocycles. The number of rotatable bonds is 7. The number of carbonyl (C=O) groups excluding carboxylic acids is 1. The zero-order valence-electron chi connectivity index (χ0n) is 18.9. The van der Waals surface area contributed by atoms with Crippen molar-refractivity contribution in [3.8, 4) is 11.1 Å². The Hall–Kier alpha value is -2.64. The van der Waals surface area contributed by atoms with E-state index in [1.807, 2.05) is 4.72 Å². The van der Waals surface area contributed by atoms with Crippen LogP contribution in [0.15, 0.2) is 30.3 Å². The lowest BCUT2D eigenvalue weighted by Gasteiger charge is -2.34. The molecule has 0 aromatic heterocycles. The third-order valence-electron chi connectivity index (χ3n) is 6.40. The molecule has 4 rings (SSSR count). The maximum atomic E-state index is 15.5. The first-order valence-electron chi connectivity index (χ1n) is 11.1. The quantitative estimate of drug-likeness (QED) is 0.435. The van der Waals surface area contributed by atoms with Crippen LogP contribution in [0, 0.1) is 23.3 Å². The van der Waals surface area contributed by atoms with Crippen molar-refractivity contribution >= 4 is 15.9 Å². The van der Waals surface area contributed by atoms with E-state index in [1.165, 1.54) is 19.1 Å². The van der Waals surface area contributed by atoms with Gasteiger partial charge in [0.1, 0.15) is 18.0 Å². The first-order chi connectivity index (χ1) is 16.9. The van der Waals surface area contributed by atoms with Crippen LogP contribution in [0.25, 0.3) is 11.1 Å². The zero-order valence-corrected chi connectivity index (χ0v) is 19.7. The van der Waals surface area contributed by atoms with E-state index in [1.54, 1.807) is 0 Å². The van der Waals surface area contributed by atoms with Crippen LogP contribution < -0.4 is 4.72 Å². The average molecular weight is 536 g/mol. The molecule has 0 bridgehead atoms. The highest BCUT2D eigenvalue weighted by molar-refractivity contribution is 7.89. The van der Waals surface area contributed by atoms with E-state index in [2.05, 4.69) is 0 Å². The average Bonchev–Trinajstić information content (AvgIpc) is 3.02. The van der Waals surface area contributed by atoms with E-state index in [9.17, 15) is 26.4 Å². The zero-order chi connectivity index (χ0) is 26.4. The first-order valence-corrected chi connectivity index (χ1v) is 12.7. The summed E-state index contributed by atoms with van der Waals surface area (Å²) in [5.41, 5.74) is -1.31. The molecular formula is C23H22F6N2O4S. The summed E-state index contributed by atoms with van der Waals surface area (Å²) < 4.78 is 118. The van der Waals surface area contributed by atoms with Crippen LogP contribution in [0.2, 0.25) is 0 Å². The van der Waals surface area contributed by atoms with Crippen LogP contribution >= 0.6 is 0 Å². The van der Waals surface area contributed by atoms with E-state index >= 15 is 13.2 Å². The van der Waals surface area contributed by atoms with Gasteiger partial charge in [-0.3, -0.25) is 4.79 Å². The number of ether oxygens (including phenoxy) is 1. The number of nitrogens with one attached hydrogen (secondary N) is 1. The molecule has 3 atom stereocenters. The summed E-state index contributed by atoms with van der Waals surface area (Å²) in [5, 5.41) is 0. The summed E-state index contributed by atoms with van der Waals surface area (Å²) in [7, 11) is -4.16. The standard InChI is InChI=1S/C23H22F6N2O4S/c1-2-36(33,34)30-21-16(31(11-23(21,28)29)22(32)17-8-9-35-17)10-12-4-3-5-13(18(12)25)14-6-7-15(24)20(27)19(14)26/h3-7,16-17,21,30H,2,8-11H2,1H3/t16-,17?,21+/m0/s1. The third-order valence-corrected chi connectivity index (χ3v) is 7.77. The lowest BCUT2D eigenvalue weighted by atomic mass is 9.94. The maximum absolute atomic E-state index is 15.5. The van der Waals surface area contributed by atoms with Crippen molar-refractivity contribution < 1.29 is 44.3 Å². The SMILES string of the molecule is CCS(=O)(=O)N[C@@H]1[C@H](Cc2cccc(-c3ccc(F)c(F)c3F)c2F)N(C(=O)C2CCO2)CC1(F)F. The Morgan fingerprint density at radius 3 is 2.36 bits per heavy atom. The molecular weight excluding hydrogens is 514 g/mol. The van der Waals surface area contributed by atoms with Gasteiger partial charge in [0, 0.05) is 17.5 Å². The van der Waals surface area contributed by atoms with Gasteiger partial charge in [-0.05, 0) is 31.0 Å². The van der Waals surface area contributed by atoms with Gasteiger partial charge < -0.3 is 9.64 Å². The van der Waals surface area contributed by atoms with Gasteiger partial charge in [-0.15, -0.1) is 0 Å². The van der Waals surface area contributed by atoms with Gasteiger partial charge in [-0.2, -0.15) is 0 Å². The molecule has 2 aliphatic rings. The molecule has 6 nitrogen and oxygen atoms in total. The Morgan fingerprint density at radius 1 is 1.08 bits per heavy atom. The molecule has 2 aromatic rings. The number of hydrogen-bond acceptors (Lipinski definition) is 4. The monoisotopic (exact) mass is 536 g/mol. The lowest BCUT2D eigenvalue weighted by Crippen LogP contribution is -2.54. The number of carbonyl (C=O) groups is 1. The van der Waals surface area contributed by atoms with Gasteiger partial charge in [0.05, 0.1) is 24.9 Å². The van der Waals surface area contributed by atoms with Crippen molar-refractivity contribution in [2.75, 3.05) is 18.9 Å². The highest BCUT2D eigenvalue weighted by Crippen LogP contribution is 2.38. The number of sulfonamides is 1. The Kier molecular flexibility index (Phi) is 7.10. The molecule has 0 radical (unpaired) electrons. The minimum atomic E-state index is -4.16. The van der Waals surface area contributed by atoms with Crippen molar-refractivity contribution in [3.05, 3.63) is 59.2 Å². The fourth-order valence-electron chi connectivity index (χ4n) is 4.34. The second kappa shape index (κ2) is 9.67. The molecule has 2 saturated heterocycles. The highest BCUT2D eigenvalue weighted by Gasteiger charge is 2.58. The number of halogens is 6. The van der Waals surface area contributed by atoms with Gasteiger partial charge in [0.2, 0.25) is 10.0 Å². The molecule has 196 valence electrons. The molecule has 2 fully saturated rings. The van der Waals surface area contributed by atoms with Crippen LogP contribution in [0.1, 0.15) is 18.9 Å². The summed E-state index contributed by atoms with van der Waals surface area (Å²) in [4.78, 5) is 13.6. The van der Waals surface area contributed by atoms with Crippen LogP contribution in [-0.2, 0) is 26.0 Å². The van der Waals surface area contributed by atoms with Crippen molar-refractivity contribution in [2.24, 2.45) is 0 Å². The first kappa shape index (κ1) is 26.4. The topological polar surface area (TPSA) is 75.7 Å². The summed E-state index contributed by atoms with van der Waals surface area (Å²) in [6.07, 6.45) is -1.26. The molecule has 2 aromatic carbocycles. The van der Waals surface area contributed by atoms with Crippen molar-refractivity contribution in [2.45, 2.75) is 43.9 Å². The van der Waals surface area contributed by atoms with Crippen molar-refractivity contribution in [1.82, 2.24) is 9.62 Å². The van der Waals surface area contributed by atoms with E-state index in [4.69, 9.17) is 4.74 Å². The van der Waals surface area contributed by atoms with Gasteiger partial charge in [-0.1, -0.05) is 18.2 Å². The van der Waals surface area contributed by atoms with Crippen LogP contribution in [0.5, 0.6) is 0 Å². The second-order valence-electron chi connectivity index (χ2n) is 8.65. The molecule has 2 heterocycles. The second-order valence-corrected chi connectivity index (χ2v) is 10.7. The summed E-state index contributed by atoms with van der Waals surface area (Å²) >= 11 is 0. The summed E-state index contributed by atoms with van der Waals surface area (Å²) in [6.45, 7) is 0.384. The summed E-state index contributed by atoms with van der Waals surface area (Å²) in [6, 6.07) is 1.41. The number of alkyl halides is 2.